The molecule has 5 nitrogen and oxygen atoms in total. The van der Waals surface area contributed by atoms with Crippen LogP contribution < -0.4 is 0 Å². The molecule has 6 heteroatoms. The minimum atomic E-state index is 0.864. The van der Waals surface area contributed by atoms with E-state index in [-0.39, 0.29) is 0 Å². The lowest BCUT2D eigenvalue weighted by atomic mass is 10.2. The largest absolute Gasteiger partial charge is 0.329 e. The Morgan fingerprint density at radius 1 is 1.19 bits per heavy atom. The number of aromatic nitrogens is 5. The van der Waals surface area contributed by atoms with Crippen LogP contribution in [0.1, 0.15) is 5.69 Å². The van der Waals surface area contributed by atoms with E-state index in [2.05, 4.69) is 22.2 Å². The molecule has 0 saturated heterocycles. The van der Waals surface area contributed by atoms with Crippen molar-refractivity contribution < 1.29 is 0 Å². The van der Waals surface area contributed by atoms with Gasteiger partial charge in [-0.15, -0.1) is 0 Å². The van der Waals surface area contributed by atoms with Gasteiger partial charge in [-0.3, -0.25) is 0 Å². The summed E-state index contributed by atoms with van der Waals surface area (Å²) in [5.41, 5.74) is 2.89. The maximum atomic E-state index is 4.75. The summed E-state index contributed by atoms with van der Waals surface area (Å²) in [6, 6.07) is 10.2. The Morgan fingerprint density at radius 3 is 2.86 bits per heavy atom. The second-order valence-electron chi connectivity index (χ2n) is 4.91. The molecule has 3 aromatic heterocycles. The summed E-state index contributed by atoms with van der Waals surface area (Å²) >= 11 is 1.57. The van der Waals surface area contributed by atoms with Crippen LogP contribution in [-0.4, -0.2) is 24.1 Å². The van der Waals surface area contributed by atoms with Gasteiger partial charge >= 0.3 is 0 Å². The number of hydrogen-bond donors (Lipinski definition) is 0. The van der Waals surface area contributed by atoms with Crippen molar-refractivity contribution in [2.75, 3.05) is 0 Å². The van der Waals surface area contributed by atoms with Crippen molar-refractivity contribution >= 4 is 28.3 Å². The Bertz CT molecular complexity index is 953. The molecule has 4 aromatic rings. The predicted molar refractivity (Wildman–Crippen MR) is 82.6 cm³/mol. The van der Waals surface area contributed by atoms with Gasteiger partial charge in [0.15, 0.2) is 10.8 Å². The summed E-state index contributed by atoms with van der Waals surface area (Å²) in [6.07, 6.45) is 3.73. The van der Waals surface area contributed by atoms with Gasteiger partial charge in [0, 0.05) is 30.9 Å². The molecule has 0 unspecified atom stereocenters. The molecule has 0 bridgehead atoms. The zero-order valence-corrected chi connectivity index (χ0v) is 12.5. The third kappa shape index (κ3) is 1.99. The second-order valence-corrected chi connectivity index (χ2v) is 5.87. The van der Waals surface area contributed by atoms with E-state index in [4.69, 9.17) is 4.98 Å². The smallest absolute Gasteiger partial charge is 0.174 e. The molecule has 0 saturated carbocycles. The molecule has 0 atom stereocenters. The fourth-order valence-corrected chi connectivity index (χ4v) is 3.27. The molecule has 4 rings (SSSR count). The van der Waals surface area contributed by atoms with Crippen LogP contribution >= 0.6 is 11.8 Å². The highest BCUT2D eigenvalue weighted by Crippen LogP contribution is 2.31. The van der Waals surface area contributed by atoms with Crippen molar-refractivity contribution in [3.05, 3.63) is 48.4 Å². The molecule has 0 amide bonds. The van der Waals surface area contributed by atoms with Crippen molar-refractivity contribution in [1.82, 2.24) is 24.1 Å². The predicted octanol–water partition coefficient (Wildman–Crippen LogP) is 3.08. The zero-order valence-electron chi connectivity index (χ0n) is 11.7. The van der Waals surface area contributed by atoms with Crippen molar-refractivity contribution in [1.29, 1.82) is 0 Å². The maximum absolute atomic E-state index is 4.75. The van der Waals surface area contributed by atoms with Gasteiger partial charge < -0.3 is 4.57 Å². The average molecular weight is 295 g/mol. The molecular formula is C15H13N5S. The molecule has 104 valence electrons. The maximum Gasteiger partial charge on any atom is 0.174 e. The van der Waals surface area contributed by atoms with Crippen LogP contribution in [0.5, 0.6) is 0 Å². The van der Waals surface area contributed by atoms with Gasteiger partial charge in [-0.1, -0.05) is 18.2 Å². The number of para-hydroxylation sites is 1. The number of nitrogens with zero attached hydrogens (tertiary/aromatic N) is 5. The van der Waals surface area contributed by atoms with Crippen LogP contribution in [0.15, 0.2) is 52.9 Å². The lowest BCUT2D eigenvalue weighted by Gasteiger charge is -2.07. The van der Waals surface area contributed by atoms with E-state index >= 15 is 0 Å². The number of rotatable bonds is 2. The molecular weight excluding hydrogens is 282 g/mol. The highest BCUT2D eigenvalue weighted by Gasteiger charge is 2.12. The van der Waals surface area contributed by atoms with Crippen LogP contribution in [0.2, 0.25) is 0 Å². The standard InChI is InChI=1S/C15H13N5S/c1-10-9-13-17-14(21-15-16-7-8-19(15)2)11-5-3-4-6-12(11)20(13)18-10/h3-9H,1-2H3. The summed E-state index contributed by atoms with van der Waals surface area (Å²) < 4.78 is 3.89. The highest BCUT2D eigenvalue weighted by molar-refractivity contribution is 7.99. The van der Waals surface area contributed by atoms with Gasteiger partial charge in [-0.2, -0.15) is 5.10 Å². The SMILES string of the molecule is Cc1cc2nc(Sc3nccn3C)c3ccccc3n2n1. The lowest BCUT2D eigenvalue weighted by molar-refractivity contribution is 0.789. The Kier molecular flexibility index (Phi) is 2.71. The van der Waals surface area contributed by atoms with Crippen LogP contribution in [0.25, 0.3) is 16.6 Å². The molecule has 3 heterocycles. The van der Waals surface area contributed by atoms with E-state index < -0.39 is 0 Å². The zero-order chi connectivity index (χ0) is 14.4. The first-order valence-electron chi connectivity index (χ1n) is 6.63. The van der Waals surface area contributed by atoms with E-state index in [1.54, 1.807) is 18.0 Å². The van der Waals surface area contributed by atoms with E-state index in [0.29, 0.717) is 0 Å². The fraction of sp³-hybridized carbons (Fsp3) is 0.133. The minimum Gasteiger partial charge on any atom is -0.329 e. The van der Waals surface area contributed by atoms with Gasteiger partial charge in [0.25, 0.3) is 0 Å². The van der Waals surface area contributed by atoms with Gasteiger partial charge in [0.1, 0.15) is 5.03 Å². The van der Waals surface area contributed by atoms with E-state index in [1.807, 2.05) is 47.4 Å². The summed E-state index contributed by atoms with van der Waals surface area (Å²) in [6.45, 7) is 1.98. The van der Waals surface area contributed by atoms with Crippen molar-refractivity contribution in [3.8, 4) is 0 Å². The van der Waals surface area contributed by atoms with Crippen molar-refractivity contribution in [2.24, 2.45) is 7.05 Å². The van der Waals surface area contributed by atoms with Crippen LogP contribution in [-0.2, 0) is 7.05 Å². The molecule has 0 fully saturated rings. The molecule has 0 aliphatic heterocycles. The van der Waals surface area contributed by atoms with Crippen LogP contribution in [0, 0.1) is 6.92 Å². The number of imidazole rings is 1. The molecule has 1 aromatic carbocycles. The third-order valence-corrected chi connectivity index (χ3v) is 4.44. The normalized spacial score (nSPS) is 11.5. The van der Waals surface area contributed by atoms with Gasteiger partial charge in [0.2, 0.25) is 0 Å². The molecule has 0 aliphatic rings. The first-order chi connectivity index (χ1) is 10.2. The Labute approximate surface area is 125 Å². The number of aryl methyl sites for hydroxylation is 2. The molecule has 0 radical (unpaired) electrons. The summed E-state index contributed by atoms with van der Waals surface area (Å²) in [5.74, 6) is 0. The lowest BCUT2D eigenvalue weighted by Crippen LogP contribution is -1.97. The van der Waals surface area contributed by atoms with E-state index in [1.165, 1.54) is 0 Å². The van der Waals surface area contributed by atoms with E-state index in [9.17, 15) is 0 Å². The molecule has 0 spiro atoms. The first kappa shape index (κ1) is 12.4. The van der Waals surface area contributed by atoms with Crippen molar-refractivity contribution in [2.45, 2.75) is 17.1 Å². The van der Waals surface area contributed by atoms with E-state index in [0.717, 1.165) is 32.4 Å². The summed E-state index contributed by atoms with van der Waals surface area (Å²) in [7, 11) is 1.99. The minimum absolute atomic E-state index is 0.864. The van der Waals surface area contributed by atoms with Crippen LogP contribution in [0.4, 0.5) is 0 Å². The van der Waals surface area contributed by atoms with Crippen molar-refractivity contribution in [3.63, 3.8) is 0 Å². The monoisotopic (exact) mass is 295 g/mol. The quantitative estimate of drug-likeness (QED) is 0.533. The van der Waals surface area contributed by atoms with Gasteiger partial charge in [-0.05, 0) is 24.8 Å². The molecule has 21 heavy (non-hydrogen) atoms. The second kappa shape index (κ2) is 4.60. The fourth-order valence-electron chi connectivity index (χ4n) is 2.36. The third-order valence-electron chi connectivity index (χ3n) is 3.36. The average Bonchev–Trinajstić information content (AvgIpc) is 3.05. The highest BCUT2D eigenvalue weighted by atomic mass is 32.2. The summed E-state index contributed by atoms with van der Waals surface area (Å²) in [4.78, 5) is 9.12. The van der Waals surface area contributed by atoms with Gasteiger partial charge in [-0.25, -0.2) is 14.5 Å². The number of fused-ring (bicyclic) bond motifs is 3. The number of hydrogen-bond acceptors (Lipinski definition) is 4. The first-order valence-corrected chi connectivity index (χ1v) is 7.44. The Hall–Kier alpha value is -2.34. The molecule has 0 N–H and O–H groups in total. The van der Waals surface area contributed by atoms with Crippen LogP contribution in [0.3, 0.4) is 0 Å². The van der Waals surface area contributed by atoms with Gasteiger partial charge in [0.05, 0.1) is 11.2 Å². The Balaban J connectivity index is 2.00. The Morgan fingerprint density at radius 2 is 2.05 bits per heavy atom. The molecule has 0 aliphatic carbocycles. The summed E-state index contributed by atoms with van der Waals surface area (Å²) in [5, 5.41) is 7.48. The topological polar surface area (TPSA) is 48.0 Å². The number of benzene rings is 1.